The Kier molecular flexibility index (Phi) is 6.18. The SMILES string of the molecule is CCc1ccc(NC(=O)[C@@H]2CC(=O)Nc3nc(SCc4ccccc4)[nH]c(=O)c32)cc1. The van der Waals surface area contributed by atoms with Gasteiger partial charge in [-0.1, -0.05) is 61.2 Å². The number of aromatic amines is 1. The van der Waals surface area contributed by atoms with E-state index in [-0.39, 0.29) is 23.7 Å². The molecule has 4 rings (SSSR count). The summed E-state index contributed by atoms with van der Waals surface area (Å²) < 4.78 is 0. The Bertz CT molecular complexity index is 1160. The van der Waals surface area contributed by atoms with Crippen LogP contribution < -0.4 is 16.2 Å². The number of thioether (sulfide) groups is 1. The van der Waals surface area contributed by atoms with E-state index in [9.17, 15) is 14.4 Å². The van der Waals surface area contributed by atoms with Gasteiger partial charge in [-0.3, -0.25) is 14.4 Å². The molecular weight excluding hydrogens is 412 g/mol. The third-order valence-electron chi connectivity index (χ3n) is 5.09. The van der Waals surface area contributed by atoms with E-state index < -0.39 is 17.4 Å². The Morgan fingerprint density at radius 3 is 2.55 bits per heavy atom. The van der Waals surface area contributed by atoms with Crippen molar-refractivity contribution in [1.82, 2.24) is 9.97 Å². The molecule has 0 unspecified atom stereocenters. The fourth-order valence-corrected chi connectivity index (χ4v) is 4.24. The molecule has 158 valence electrons. The number of rotatable bonds is 6. The number of carbonyl (C=O) groups excluding carboxylic acids is 2. The van der Waals surface area contributed by atoms with Crippen LogP contribution in [0, 0.1) is 0 Å². The molecule has 3 aromatic rings. The highest BCUT2D eigenvalue weighted by Gasteiger charge is 2.34. The van der Waals surface area contributed by atoms with E-state index in [0.29, 0.717) is 16.6 Å². The number of hydrogen-bond donors (Lipinski definition) is 3. The Morgan fingerprint density at radius 1 is 1.10 bits per heavy atom. The number of nitrogens with zero attached hydrogens (tertiary/aromatic N) is 1. The number of H-pyrrole nitrogens is 1. The summed E-state index contributed by atoms with van der Waals surface area (Å²) >= 11 is 1.36. The lowest BCUT2D eigenvalue weighted by atomic mass is 9.92. The molecular formula is C23H22N4O3S. The molecule has 2 heterocycles. The lowest BCUT2D eigenvalue weighted by Gasteiger charge is -2.23. The van der Waals surface area contributed by atoms with Crippen LogP contribution in [0.2, 0.25) is 0 Å². The molecule has 0 radical (unpaired) electrons. The number of nitrogens with one attached hydrogen (secondary N) is 3. The molecule has 1 aliphatic rings. The number of anilines is 2. The maximum absolute atomic E-state index is 12.9. The van der Waals surface area contributed by atoms with E-state index in [1.165, 1.54) is 11.8 Å². The van der Waals surface area contributed by atoms with Crippen molar-refractivity contribution in [3.05, 3.63) is 81.6 Å². The normalized spacial score (nSPS) is 15.1. The minimum atomic E-state index is -0.904. The van der Waals surface area contributed by atoms with Gasteiger partial charge in [0.25, 0.3) is 5.56 Å². The van der Waals surface area contributed by atoms with Crippen LogP contribution in [0.3, 0.4) is 0 Å². The van der Waals surface area contributed by atoms with Crippen LogP contribution in [0.15, 0.2) is 64.5 Å². The minimum Gasteiger partial charge on any atom is -0.326 e. The summed E-state index contributed by atoms with van der Waals surface area (Å²) in [6.45, 7) is 2.05. The largest absolute Gasteiger partial charge is 0.326 e. The van der Waals surface area contributed by atoms with Crippen molar-refractivity contribution >= 4 is 35.1 Å². The third-order valence-corrected chi connectivity index (χ3v) is 6.04. The second-order valence-corrected chi connectivity index (χ2v) is 8.22. The molecule has 0 saturated heterocycles. The number of carbonyl (C=O) groups is 2. The van der Waals surface area contributed by atoms with Gasteiger partial charge in [0, 0.05) is 17.9 Å². The number of amides is 2. The van der Waals surface area contributed by atoms with Crippen LogP contribution in [0.1, 0.15) is 36.0 Å². The highest BCUT2D eigenvalue weighted by molar-refractivity contribution is 7.98. The molecule has 1 aliphatic heterocycles. The van der Waals surface area contributed by atoms with Crippen molar-refractivity contribution in [2.24, 2.45) is 0 Å². The maximum Gasteiger partial charge on any atom is 0.257 e. The molecule has 8 heteroatoms. The number of hydrogen-bond acceptors (Lipinski definition) is 5. The smallest absolute Gasteiger partial charge is 0.257 e. The zero-order chi connectivity index (χ0) is 21.8. The molecule has 3 N–H and O–H groups in total. The van der Waals surface area contributed by atoms with Gasteiger partial charge in [0.2, 0.25) is 11.8 Å². The molecule has 0 bridgehead atoms. The number of benzene rings is 2. The molecule has 1 aromatic heterocycles. The number of fused-ring (bicyclic) bond motifs is 1. The monoisotopic (exact) mass is 434 g/mol. The van der Waals surface area contributed by atoms with Crippen molar-refractivity contribution in [2.75, 3.05) is 10.6 Å². The molecule has 2 aromatic carbocycles. The number of aromatic nitrogens is 2. The Morgan fingerprint density at radius 2 is 1.84 bits per heavy atom. The van der Waals surface area contributed by atoms with Crippen molar-refractivity contribution in [1.29, 1.82) is 0 Å². The second kappa shape index (κ2) is 9.18. The quantitative estimate of drug-likeness (QED) is 0.405. The summed E-state index contributed by atoms with van der Waals surface area (Å²) in [5, 5.41) is 5.84. The summed E-state index contributed by atoms with van der Waals surface area (Å²) in [5.41, 5.74) is 2.63. The highest BCUT2D eigenvalue weighted by atomic mass is 32.2. The number of aryl methyl sites for hydroxylation is 1. The topological polar surface area (TPSA) is 104 Å². The maximum atomic E-state index is 12.9. The van der Waals surface area contributed by atoms with Gasteiger partial charge in [-0.05, 0) is 29.7 Å². The fourth-order valence-electron chi connectivity index (χ4n) is 3.42. The first kappa shape index (κ1) is 20.9. The summed E-state index contributed by atoms with van der Waals surface area (Å²) in [6.07, 6.45) is 0.795. The van der Waals surface area contributed by atoms with Gasteiger partial charge < -0.3 is 15.6 Å². The summed E-state index contributed by atoms with van der Waals surface area (Å²) in [6, 6.07) is 17.3. The van der Waals surface area contributed by atoms with Crippen LogP contribution in [0.25, 0.3) is 0 Å². The molecule has 1 atom stereocenters. The molecule has 2 amide bonds. The van der Waals surface area contributed by atoms with E-state index in [4.69, 9.17) is 0 Å². The van der Waals surface area contributed by atoms with E-state index in [2.05, 4.69) is 27.5 Å². The average Bonchev–Trinajstić information content (AvgIpc) is 2.78. The van der Waals surface area contributed by atoms with E-state index >= 15 is 0 Å². The van der Waals surface area contributed by atoms with E-state index in [1.807, 2.05) is 54.6 Å². The van der Waals surface area contributed by atoms with E-state index in [0.717, 1.165) is 17.5 Å². The molecule has 7 nitrogen and oxygen atoms in total. The first-order valence-corrected chi connectivity index (χ1v) is 11.0. The van der Waals surface area contributed by atoms with Gasteiger partial charge in [0.05, 0.1) is 11.5 Å². The van der Waals surface area contributed by atoms with Gasteiger partial charge in [-0.2, -0.15) is 0 Å². The Hall–Kier alpha value is -3.39. The highest BCUT2D eigenvalue weighted by Crippen LogP contribution is 2.31. The summed E-state index contributed by atoms with van der Waals surface area (Å²) in [7, 11) is 0. The van der Waals surface area contributed by atoms with Crippen LogP contribution >= 0.6 is 11.8 Å². The van der Waals surface area contributed by atoms with Crippen molar-refractivity contribution in [2.45, 2.75) is 36.6 Å². The van der Waals surface area contributed by atoms with Gasteiger partial charge in [0.15, 0.2) is 5.16 Å². The van der Waals surface area contributed by atoms with E-state index in [1.54, 1.807) is 0 Å². The molecule has 0 saturated carbocycles. The molecule has 0 aliphatic carbocycles. The third kappa shape index (κ3) is 4.86. The van der Waals surface area contributed by atoms with Gasteiger partial charge in [-0.15, -0.1) is 0 Å². The minimum absolute atomic E-state index is 0.104. The van der Waals surface area contributed by atoms with Gasteiger partial charge in [0.1, 0.15) is 5.82 Å². The van der Waals surface area contributed by atoms with Crippen molar-refractivity contribution in [3.8, 4) is 0 Å². The van der Waals surface area contributed by atoms with Gasteiger partial charge in [-0.25, -0.2) is 4.98 Å². The predicted octanol–water partition coefficient (Wildman–Crippen LogP) is 3.69. The molecule has 31 heavy (non-hydrogen) atoms. The van der Waals surface area contributed by atoms with Crippen LogP contribution in [0.5, 0.6) is 0 Å². The fraction of sp³-hybridized carbons (Fsp3) is 0.217. The molecule has 0 fully saturated rings. The Balaban J connectivity index is 1.55. The first-order valence-electron chi connectivity index (χ1n) is 10.0. The van der Waals surface area contributed by atoms with Crippen molar-refractivity contribution in [3.63, 3.8) is 0 Å². The van der Waals surface area contributed by atoms with Crippen LogP contribution in [0.4, 0.5) is 11.5 Å². The summed E-state index contributed by atoms with van der Waals surface area (Å²) in [5.74, 6) is -0.881. The van der Waals surface area contributed by atoms with Gasteiger partial charge >= 0.3 is 0 Å². The standard InChI is InChI=1S/C23H22N4O3S/c1-2-14-8-10-16(11-9-14)24-21(29)17-12-18(28)25-20-19(17)22(30)27-23(26-20)31-13-15-6-4-3-5-7-15/h3-11,17H,2,12-13H2,1H3,(H,24,29)(H2,25,26,27,28,30)/t17-/m1/s1. The predicted molar refractivity (Wildman–Crippen MR) is 121 cm³/mol. The molecule has 0 spiro atoms. The Labute approximate surface area is 183 Å². The zero-order valence-electron chi connectivity index (χ0n) is 17.0. The first-order chi connectivity index (χ1) is 15.0. The summed E-state index contributed by atoms with van der Waals surface area (Å²) in [4.78, 5) is 45.1. The average molecular weight is 435 g/mol. The zero-order valence-corrected chi connectivity index (χ0v) is 17.8. The lowest BCUT2D eigenvalue weighted by molar-refractivity contribution is -0.123. The van der Waals surface area contributed by atoms with Crippen molar-refractivity contribution < 1.29 is 9.59 Å². The second-order valence-electron chi connectivity index (χ2n) is 7.25. The van der Waals surface area contributed by atoms with Crippen LogP contribution in [-0.2, 0) is 21.8 Å². The lowest BCUT2D eigenvalue weighted by Crippen LogP contribution is -2.36. The van der Waals surface area contributed by atoms with Crippen LogP contribution in [-0.4, -0.2) is 21.8 Å².